The molecule has 78 valence electrons. The molecular formula is C9H16N4O. The molecule has 0 amide bonds. The minimum absolute atomic E-state index is 0.250. The number of anilines is 2. The van der Waals surface area contributed by atoms with Gasteiger partial charge in [0, 0.05) is 13.1 Å². The molecule has 1 aliphatic heterocycles. The van der Waals surface area contributed by atoms with E-state index >= 15 is 0 Å². The van der Waals surface area contributed by atoms with Crippen LogP contribution in [0.2, 0.25) is 0 Å². The second-order valence-corrected chi connectivity index (χ2v) is 3.80. The maximum Gasteiger partial charge on any atom is 0.171 e. The van der Waals surface area contributed by atoms with Crippen molar-refractivity contribution >= 4 is 11.6 Å². The Balaban J connectivity index is 2.17. The van der Waals surface area contributed by atoms with Crippen molar-refractivity contribution in [2.45, 2.75) is 25.9 Å². The zero-order chi connectivity index (χ0) is 10.1. The van der Waals surface area contributed by atoms with Gasteiger partial charge in [0.25, 0.3) is 0 Å². The van der Waals surface area contributed by atoms with Crippen molar-refractivity contribution in [2.24, 2.45) is 0 Å². The molecule has 14 heavy (non-hydrogen) atoms. The second-order valence-electron chi connectivity index (χ2n) is 3.80. The molecule has 1 aliphatic rings. The number of H-pyrrole nitrogens is 1. The zero-order valence-electron chi connectivity index (χ0n) is 8.32. The highest BCUT2D eigenvalue weighted by Gasteiger charge is 2.21. The van der Waals surface area contributed by atoms with Crippen LogP contribution in [0.25, 0.3) is 0 Å². The molecule has 0 spiro atoms. The molecular weight excluding hydrogens is 180 g/mol. The summed E-state index contributed by atoms with van der Waals surface area (Å²) in [7, 11) is 0. The quantitative estimate of drug-likeness (QED) is 0.602. The van der Waals surface area contributed by atoms with Crippen molar-refractivity contribution < 1.29 is 5.11 Å². The van der Waals surface area contributed by atoms with Crippen LogP contribution in [0.5, 0.6) is 0 Å². The van der Waals surface area contributed by atoms with Crippen molar-refractivity contribution in [2.75, 3.05) is 23.7 Å². The van der Waals surface area contributed by atoms with Crippen LogP contribution in [0.15, 0.2) is 0 Å². The number of hydrogen-bond donors (Lipinski definition) is 3. The van der Waals surface area contributed by atoms with Gasteiger partial charge in [-0.1, -0.05) is 0 Å². The van der Waals surface area contributed by atoms with Crippen LogP contribution in [0.3, 0.4) is 0 Å². The average molecular weight is 196 g/mol. The van der Waals surface area contributed by atoms with Crippen LogP contribution in [0.1, 0.15) is 18.7 Å². The molecule has 1 unspecified atom stereocenters. The first kappa shape index (κ1) is 9.33. The fraction of sp³-hybridized carbons (Fsp3) is 0.667. The lowest BCUT2D eigenvalue weighted by Crippen LogP contribution is -2.38. The smallest absolute Gasteiger partial charge is 0.171 e. The lowest BCUT2D eigenvalue weighted by Gasteiger charge is -2.30. The summed E-state index contributed by atoms with van der Waals surface area (Å²) in [5, 5.41) is 9.52. The van der Waals surface area contributed by atoms with Crippen LogP contribution in [0.4, 0.5) is 11.6 Å². The van der Waals surface area contributed by atoms with E-state index in [-0.39, 0.29) is 6.10 Å². The Morgan fingerprint density at radius 3 is 3.00 bits per heavy atom. The van der Waals surface area contributed by atoms with Gasteiger partial charge in [-0.3, -0.25) is 0 Å². The molecule has 2 rings (SSSR count). The van der Waals surface area contributed by atoms with E-state index in [1.165, 1.54) is 0 Å². The number of β-amino-alcohol motifs (C(OH)–C–C–N with tert-alkyl or cyclic N) is 1. The molecule has 5 nitrogen and oxygen atoms in total. The highest BCUT2D eigenvalue weighted by atomic mass is 16.3. The number of aromatic amines is 1. The van der Waals surface area contributed by atoms with Gasteiger partial charge in [-0.25, -0.2) is 4.98 Å². The van der Waals surface area contributed by atoms with Gasteiger partial charge in [-0.2, -0.15) is 0 Å². The molecule has 2 heterocycles. The molecule has 1 fully saturated rings. The first-order valence-electron chi connectivity index (χ1n) is 4.92. The topological polar surface area (TPSA) is 78.2 Å². The van der Waals surface area contributed by atoms with E-state index < -0.39 is 0 Å². The molecule has 0 bridgehead atoms. The number of aliphatic hydroxyl groups is 1. The largest absolute Gasteiger partial charge is 0.391 e. The Morgan fingerprint density at radius 1 is 1.64 bits per heavy atom. The van der Waals surface area contributed by atoms with Gasteiger partial charge in [0.05, 0.1) is 6.10 Å². The SMILES string of the molecule is Cc1nc(N2CCCC(O)C2)c(N)[nH]1. The Kier molecular flexibility index (Phi) is 2.33. The zero-order valence-corrected chi connectivity index (χ0v) is 8.32. The van der Waals surface area contributed by atoms with Crippen molar-refractivity contribution in [1.82, 2.24) is 9.97 Å². The number of rotatable bonds is 1. The fourth-order valence-electron chi connectivity index (χ4n) is 1.89. The number of aromatic nitrogens is 2. The summed E-state index contributed by atoms with van der Waals surface area (Å²) in [6, 6.07) is 0. The number of aliphatic hydroxyl groups excluding tert-OH is 1. The Hall–Kier alpha value is -1.23. The van der Waals surface area contributed by atoms with Crippen LogP contribution < -0.4 is 10.6 Å². The number of nitrogen functional groups attached to an aromatic ring is 1. The number of aryl methyl sites for hydroxylation is 1. The highest BCUT2D eigenvalue weighted by Crippen LogP contribution is 2.23. The summed E-state index contributed by atoms with van der Waals surface area (Å²) in [5.41, 5.74) is 5.78. The van der Waals surface area contributed by atoms with E-state index in [2.05, 4.69) is 9.97 Å². The molecule has 1 aromatic heterocycles. The first-order valence-corrected chi connectivity index (χ1v) is 4.92. The molecule has 0 aromatic carbocycles. The van der Waals surface area contributed by atoms with Gasteiger partial charge in [-0.05, 0) is 19.8 Å². The number of nitrogens with one attached hydrogen (secondary N) is 1. The predicted molar refractivity (Wildman–Crippen MR) is 55.2 cm³/mol. The number of piperidine rings is 1. The van der Waals surface area contributed by atoms with Gasteiger partial charge in [0.15, 0.2) is 5.82 Å². The lowest BCUT2D eigenvalue weighted by molar-refractivity contribution is 0.154. The number of nitrogens with zero attached hydrogens (tertiary/aromatic N) is 2. The lowest BCUT2D eigenvalue weighted by atomic mass is 10.1. The summed E-state index contributed by atoms with van der Waals surface area (Å²) >= 11 is 0. The van der Waals surface area contributed by atoms with E-state index in [4.69, 9.17) is 5.73 Å². The van der Waals surface area contributed by atoms with Crippen molar-refractivity contribution in [3.05, 3.63) is 5.82 Å². The predicted octanol–water partition coefficient (Wildman–Crippen LogP) is 0.261. The third kappa shape index (κ3) is 1.68. The monoisotopic (exact) mass is 196 g/mol. The molecule has 1 aromatic rings. The van der Waals surface area contributed by atoms with Gasteiger partial charge in [0.2, 0.25) is 0 Å². The standard InChI is InChI=1S/C9H16N4O/c1-6-11-8(10)9(12-6)13-4-2-3-7(14)5-13/h7,14H,2-5,10H2,1H3,(H,11,12). The molecule has 4 N–H and O–H groups in total. The van der Waals surface area contributed by atoms with E-state index in [1.54, 1.807) is 0 Å². The molecule has 5 heteroatoms. The summed E-state index contributed by atoms with van der Waals surface area (Å²) in [6.07, 6.45) is 1.62. The summed E-state index contributed by atoms with van der Waals surface area (Å²) in [6.45, 7) is 3.43. The summed E-state index contributed by atoms with van der Waals surface area (Å²) < 4.78 is 0. The van der Waals surface area contributed by atoms with Gasteiger partial charge < -0.3 is 20.7 Å². The molecule has 1 saturated heterocycles. The normalized spacial score (nSPS) is 22.7. The third-order valence-electron chi connectivity index (χ3n) is 2.53. The Bertz CT molecular complexity index is 323. The van der Waals surface area contributed by atoms with Gasteiger partial charge in [0.1, 0.15) is 11.6 Å². The van der Waals surface area contributed by atoms with E-state index in [0.717, 1.165) is 31.0 Å². The molecule has 0 saturated carbocycles. The summed E-state index contributed by atoms with van der Waals surface area (Å²) in [5.74, 6) is 2.19. The third-order valence-corrected chi connectivity index (χ3v) is 2.53. The highest BCUT2D eigenvalue weighted by molar-refractivity contribution is 5.59. The maximum atomic E-state index is 9.52. The average Bonchev–Trinajstić information content (AvgIpc) is 2.45. The van der Waals surface area contributed by atoms with Gasteiger partial charge in [-0.15, -0.1) is 0 Å². The van der Waals surface area contributed by atoms with Crippen molar-refractivity contribution in [3.63, 3.8) is 0 Å². The van der Waals surface area contributed by atoms with Crippen molar-refractivity contribution in [3.8, 4) is 0 Å². The fourth-order valence-corrected chi connectivity index (χ4v) is 1.89. The van der Waals surface area contributed by atoms with E-state index in [0.29, 0.717) is 12.4 Å². The minimum atomic E-state index is -0.250. The second kappa shape index (κ2) is 3.49. The minimum Gasteiger partial charge on any atom is -0.391 e. The molecule has 0 radical (unpaired) electrons. The van der Waals surface area contributed by atoms with Crippen molar-refractivity contribution in [1.29, 1.82) is 0 Å². The molecule has 0 aliphatic carbocycles. The van der Waals surface area contributed by atoms with Crippen LogP contribution in [-0.2, 0) is 0 Å². The Morgan fingerprint density at radius 2 is 2.43 bits per heavy atom. The van der Waals surface area contributed by atoms with Gasteiger partial charge >= 0.3 is 0 Å². The summed E-state index contributed by atoms with van der Waals surface area (Å²) in [4.78, 5) is 9.30. The van der Waals surface area contributed by atoms with Crippen LogP contribution >= 0.6 is 0 Å². The number of nitrogens with two attached hydrogens (primary N) is 1. The molecule has 1 atom stereocenters. The number of imidazole rings is 1. The Labute approximate surface area is 82.9 Å². The van der Waals surface area contributed by atoms with E-state index in [9.17, 15) is 5.11 Å². The maximum absolute atomic E-state index is 9.52. The van der Waals surface area contributed by atoms with Crippen LogP contribution in [0, 0.1) is 6.92 Å². The first-order chi connectivity index (χ1) is 6.66. The van der Waals surface area contributed by atoms with E-state index in [1.807, 2.05) is 11.8 Å². The number of hydrogen-bond acceptors (Lipinski definition) is 4. The van der Waals surface area contributed by atoms with Crippen LogP contribution in [-0.4, -0.2) is 34.3 Å².